The molecule has 1 aliphatic heterocycles. The van der Waals surface area contributed by atoms with Crippen LogP contribution in [0.15, 0.2) is 36.4 Å². The van der Waals surface area contributed by atoms with Gasteiger partial charge in [0.1, 0.15) is 0 Å². The Balaban J connectivity index is 1.39. The summed E-state index contributed by atoms with van der Waals surface area (Å²) in [5, 5.41) is 8.14. The molecule has 1 fully saturated rings. The van der Waals surface area contributed by atoms with Crippen LogP contribution in [0.3, 0.4) is 0 Å². The number of nitrogens with zero attached hydrogens (tertiary/aromatic N) is 3. The number of hydrogen-bond acceptors (Lipinski definition) is 6. The lowest BCUT2D eigenvalue weighted by Crippen LogP contribution is -2.31. The number of aromatic nitrogens is 3. The lowest BCUT2D eigenvalue weighted by atomic mass is 9.92. The van der Waals surface area contributed by atoms with Gasteiger partial charge in [-0.15, -0.1) is 0 Å². The molecule has 8 heteroatoms. The van der Waals surface area contributed by atoms with Gasteiger partial charge >= 0.3 is 0 Å². The van der Waals surface area contributed by atoms with Crippen molar-refractivity contribution in [1.82, 2.24) is 19.9 Å². The summed E-state index contributed by atoms with van der Waals surface area (Å²) < 4.78 is 3.00. The SMILES string of the molecule is Cn1c(Nc2nc3ccc(Cl)cc3s2)nc2cc(C(=O)C[C@H]3CCCNC3)ccc21. The number of imidazole rings is 1. The number of anilines is 2. The van der Waals surface area contributed by atoms with Crippen molar-refractivity contribution in [3.8, 4) is 0 Å². The maximum absolute atomic E-state index is 12.8. The molecule has 3 heterocycles. The molecule has 0 spiro atoms. The van der Waals surface area contributed by atoms with Gasteiger partial charge in [-0.05, 0) is 68.2 Å². The van der Waals surface area contributed by atoms with E-state index in [1.165, 1.54) is 11.3 Å². The highest BCUT2D eigenvalue weighted by Gasteiger charge is 2.19. The van der Waals surface area contributed by atoms with Crippen molar-refractivity contribution in [2.45, 2.75) is 19.3 Å². The van der Waals surface area contributed by atoms with Crippen LogP contribution in [0, 0.1) is 5.92 Å². The van der Waals surface area contributed by atoms with E-state index in [0.29, 0.717) is 23.3 Å². The minimum Gasteiger partial charge on any atom is -0.316 e. The molecule has 1 atom stereocenters. The molecule has 2 aromatic carbocycles. The van der Waals surface area contributed by atoms with E-state index >= 15 is 0 Å². The Labute approximate surface area is 183 Å². The molecule has 0 aliphatic carbocycles. The number of nitrogens with one attached hydrogen (secondary N) is 2. The van der Waals surface area contributed by atoms with E-state index in [9.17, 15) is 4.79 Å². The summed E-state index contributed by atoms with van der Waals surface area (Å²) in [6.07, 6.45) is 2.85. The number of Topliss-reactive ketones (excluding diaryl/α,β-unsaturated/α-hetero) is 1. The van der Waals surface area contributed by atoms with Crippen molar-refractivity contribution < 1.29 is 4.79 Å². The number of aryl methyl sites for hydroxylation is 1. The molecule has 4 aromatic rings. The Morgan fingerprint density at radius 3 is 3.00 bits per heavy atom. The smallest absolute Gasteiger partial charge is 0.209 e. The summed E-state index contributed by atoms with van der Waals surface area (Å²) in [7, 11) is 1.96. The summed E-state index contributed by atoms with van der Waals surface area (Å²) in [6, 6.07) is 11.4. The molecular weight excluding hydrogens is 418 g/mol. The van der Waals surface area contributed by atoms with Gasteiger partial charge in [-0.1, -0.05) is 22.9 Å². The molecule has 0 bridgehead atoms. The van der Waals surface area contributed by atoms with Gasteiger partial charge in [0.25, 0.3) is 0 Å². The molecule has 6 nitrogen and oxygen atoms in total. The number of fused-ring (bicyclic) bond motifs is 2. The fraction of sp³-hybridized carbons (Fsp3) is 0.318. The Morgan fingerprint density at radius 2 is 2.17 bits per heavy atom. The largest absolute Gasteiger partial charge is 0.316 e. The maximum Gasteiger partial charge on any atom is 0.209 e. The zero-order chi connectivity index (χ0) is 20.7. The van der Waals surface area contributed by atoms with Crippen LogP contribution < -0.4 is 10.6 Å². The standard InChI is InChI=1S/C22H22ClN5OS/c1-28-18-7-4-14(19(29)9-13-3-2-8-24-12-13)10-17(18)25-21(28)27-22-26-16-6-5-15(23)11-20(16)30-22/h4-7,10-11,13,24H,2-3,8-9,12H2,1H3,(H,25,26,27)/t13-/m1/s1. The number of halogens is 1. The average Bonchev–Trinajstić information content (AvgIpc) is 3.28. The van der Waals surface area contributed by atoms with Crippen LogP contribution in [-0.2, 0) is 7.05 Å². The van der Waals surface area contributed by atoms with E-state index < -0.39 is 0 Å². The Kier molecular flexibility index (Phi) is 5.18. The summed E-state index contributed by atoms with van der Waals surface area (Å²) in [5.74, 6) is 1.31. The number of benzene rings is 2. The van der Waals surface area contributed by atoms with Crippen LogP contribution in [0.1, 0.15) is 29.6 Å². The maximum atomic E-state index is 12.8. The summed E-state index contributed by atoms with van der Waals surface area (Å²) in [4.78, 5) is 22.1. The van der Waals surface area contributed by atoms with Gasteiger partial charge < -0.3 is 15.2 Å². The number of hydrogen-bond donors (Lipinski definition) is 2. The number of ketones is 1. The van der Waals surface area contributed by atoms with Gasteiger partial charge in [0.2, 0.25) is 5.95 Å². The summed E-state index contributed by atoms with van der Waals surface area (Å²) in [5.41, 5.74) is 3.40. The fourth-order valence-electron chi connectivity index (χ4n) is 4.01. The van der Waals surface area contributed by atoms with Gasteiger partial charge in [-0.3, -0.25) is 4.79 Å². The molecule has 1 aliphatic rings. The van der Waals surface area contributed by atoms with Crippen molar-refractivity contribution in [3.05, 3.63) is 47.0 Å². The third-order valence-corrected chi connectivity index (χ3v) is 6.81. The summed E-state index contributed by atoms with van der Waals surface area (Å²) in [6.45, 7) is 1.99. The second kappa shape index (κ2) is 7.98. The van der Waals surface area contributed by atoms with Gasteiger partial charge in [0.05, 0.1) is 21.3 Å². The van der Waals surface area contributed by atoms with Crippen molar-refractivity contribution in [2.75, 3.05) is 18.4 Å². The van der Waals surface area contributed by atoms with Gasteiger partial charge in [0, 0.05) is 24.1 Å². The first-order valence-electron chi connectivity index (χ1n) is 10.1. The molecule has 1 saturated heterocycles. The number of carbonyl (C=O) groups is 1. The van der Waals surface area contributed by atoms with Crippen LogP contribution in [0.4, 0.5) is 11.1 Å². The number of carbonyl (C=O) groups excluding carboxylic acids is 1. The van der Waals surface area contributed by atoms with E-state index in [4.69, 9.17) is 16.6 Å². The van der Waals surface area contributed by atoms with E-state index in [1.54, 1.807) is 0 Å². The second-order valence-electron chi connectivity index (χ2n) is 7.79. The normalized spacial score (nSPS) is 16.9. The molecule has 2 N–H and O–H groups in total. The highest BCUT2D eigenvalue weighted by molar-refractivity contribution is 7.22. The highest BCUT2D eigenvalue weighted by atomic mass is 35.5. The predicted molar refractivity (Wildman–Crippen MR) is 123 cm³/mol. The Morgan fingerprint density at radius 1 is 1.27 bits per heavy atom. The number of piperidine rings is 1. The monoisotopic (exact) mass is 439 g/mol. The molecular formula is C22H22ClN5OS. The van der Waals surface area contributed by atoms with E-state index in [-0.39, 0.29) is 5.78 Å². The predicted octanol–water partition coefficient (Wildman–Crippen LogP) is 5.15. The molecule has 0 radical (unpaired) electrons. The highest BCUT2D eigenvalue weighted by Crippen LogP contribution is 2.31. The lowest BCUT2D eigenvalue weighted by Gasteiger charge is -2.21. The second-order valence-corrected chi connectivity index (χ2v) is 9.26. The van der Waals surface area contributed by atoms with Crippen molar-refractivity contribution >= 4 is 61.1 Å². The first-order valence-corrected chi connectivity index (χ1v) is 11.3. The Hall–Kier alpha value is -2.48. The first kappa shape index (κ1) is 19.5. The lowest BCUT2D eigenvalue weighted by molar-refractivity contribution is 0.0954. The zero-order valence-electron chi connectivity index (χ0n) is 16.6. The Bertz CT molecular complexity index is 1240. The quantitative estimate of drug-likeness (QED) is 0.420. The zero-order valence-corrected chi connectivity index (χ0v) is 18.2. The van der Waals surface area contributed by atoms with Crippen molar-refractivity contribution in [2.24, 2.45) is 13.0 Å². The molecule has 30 heavy (non-hydrogen) atoms. The summed E-state index contributed by atoms with van der Waals surface area (Å²) >= 11 is 7.61. The van der Waals surface area contributed by atoms with Crippen molar-refractivity contribution in [1.29, 1.82) is 0 Å². The molecule has 5 rings (SSSR count). The molecule has 0 unspecified atom stereocenters. The average molecular weight is 440 g/mol. The molecule has 0 amide bonds. The third-order valence-electron chi connectivity index (χ3n) is 5.65. The van der Waals surface area contributed by atoms with E-state index in [0.717, 1.165) is 57.9 Å². The van der Waals surface area contributed by atoms with Gasteiger partial charge in [-0.2, -0.15) is 0 Å². The molecule has 154 valence electrons. The first-order chi connectivity index (χ1) is 14.6. The number of rotatable bonds is 5. The third kappa shape index (κ3) is 3.80. The fourth-order valence-corrected chi connectivity index (χ4v) is 5.15. The van der Waals surface area contributed by atoms with Crippen LogP contribution >= 0.6 is 22.9 Å². The molecule has 2 aromatic heterocycles. The van der Waals surface area contributed by atoms with E-state index in [1.807, 2.05) is 48.0 Å². The topological polar surface area (TPSA) is 71.8 Å². The van der Waals surface area contributed by atoms with Gasteiger partial charge in [0.15, 0.2) is 10.9 Å². The minimum absolute atomic E-state index is 0.189. The number of thiazole rings is 1. The minimum atomic E-state index is 0.189. The van der Waals surface area contributed by atoms with Crippen LogP contribution in [0.25, 0.3) is 21.3 Å². The van der Waals surface area contributed by atoms with E-state index in [2.05, 4.69) is 15.6 Å². The van der Waals surface area contributed by atoms with Gasteiger partial charge in [-0.25, -0.2) is 9.97 Å². The van der Waals surface area contributed by atoms with Crippen LogP contribution in [0.5, 0.6) is 0 Å². The van der Waals surface area contributed by atoms with Crippen molar-refractivity contribution in [3.63, 3.8) is 0 Å². The molecule has 0 saturated carbocycles. The van der Waals surface area contributed by atoms with Crippen LogP contribution in [0.2, 0.25) is 5.02 Å². The van der Waals surface area contributed by atoms with Crippen LogP contribution in [-0.4, -0.2) is 33.4 Å².